The number of esters is 1. The van der Waals surface area contributed by atoms with Crippen molar-refractivity contribution in [3.63, 3.8) is 0 Å². The minimum atomic E-state index is -1.16. The predicted octanol–water partition coefficient (Wildman–Crippen LogP) is 1.53. The Hall–Kier alpha value is -1.58. The van der Waals surface area contributed by atoms with E-state index in [1.807, 2.05) is 19.1 Å². The predicted molar refractivity (Wildman–Crippen MR) is 51.8 cm³/mol. The standard InChI is InChI=1S/C10H14O4/c1-2-3-4-5-8-14-10(13)7-6-9(11)12/h3-4,6-7H,2,5,8H2,1H3,(H,11,12)/b4-3-,7-6-. The maximum Gasteiger partial charge on any atom is 0.331 e. The Balaban J connectivity index is 3.54. The molecular weight excluding hydrogens is 184 g/mol. The monoisotopic (exact) mass is 198 g/mol. The summed E-state index contributed by atoms with van der Waals surface area (Å²) in [5, 5.41) is 8.20. The zero-order valence-electron chi connectivity index (χ0n) is 8.10. The van der Waals surface area contributed by atoms with Gasteiger partial charge in [0.1, 0.15) is 0 Å². The van der Waals surface area contributed by atoms with Gasteiger partial charge in [0.2, 0.25) is 0 Å². The number of ether oxygens (including phenoxy) is 1. The highest BCUT2D eigenvalue weighted by Gasteiger charge is 1.96. The summed E-state index contributed by atoms with van der Waals surface area (Å²) in [6.45, 7) is 2.29. The van der Waals surface area contributed by atoms with E-state index in [4.69, 9.17) is 9.84 Å². The van der Waals surface area contributed by atoms with E-state index in [0.29, 0.717) is 6.42 Å². The smallest absolute Gasteiger partial charge is 0.331 e. The second kappa shape index (κ2) is 8.04. The number of hydrogen-bond acceptors (Lipinski definition) is 3. The first-order valence-corrected chi connectivity index (χ1v) is 4.39. The van der Waals surface area contributed by atoms with Gasteiger partial charge < -0.3 is 9.84 Å². The van der Waals surface area contributed by atoms with E-state index in [2.05, 4.69) is 0 Å². The molecule has 4 nitrogen and oxygen atoms in total. The van der Waals surface area contributed by atoms with Crippen LogP contribution >= 0.6 is 0 Å². The summed E-state index contributed by atoms with van der Waals surface area (Å²) >= 11 is 0. The molecule has 0 aliphatic heterocycles. The van der Waals surface area contributed by atoms with Gasteiger partial charge in [0, 0.05) is 12.2 Å². The highest BCUT2D eigenvalue weighted by Crippen LogP contribution is 1.89. The Kier molecular flexibility index (Phi) is 7.13. The summed E-state index contributed by atoms with van der Waals surface area (Å²) in [4.78, 5) is 20.8. The van der Waals surface area contributed by atoms with Crippen molar-refractivity contribution < 1.29 is 19.4 Å². The van der Waals surface area contributed by atoms with Crippen LogP contribution < -0.4 is 0 Å². The molecule has 0 heterocycles. The maximum absolute atomic E-state index is 10.8. The van der Waals surface area contributed by atoms with Crippen molar-refractivity contribution in [1.29, 1.82) is 0 Å². The molecular formula is C10H14O4. The van der Waals surface area contributed by atoms with Crippen molar-refractivity contribution in [1.82, 2.24) is 0 Å². The van der Waals surface area contributed by atoms with Gasteiger partial charge >= 0.3 is 11.9 Å². The number of hydrogen-bond donors (Lipinski definition) is 1. The Morgan fingerprint density at radius 3 is 2.57 bits per heavy atom. The Morgan fingerprint density at radius 1 is 1.29 bits per heavy atom. The van der Waals surface area contributed by atoms with Gasteiger partial charge in [-0.25, -0.2) is 9.59 Å². The van der Waals surface area contributed by atoms with E-state index < -0.39 is 11.9 Å². The third-order valence-corrected chi connectivity index (χ3v) is 1.29. The van der Waals surface area contributed by atoms with Gasteiger partial charge in [0.25, 0.3) is 0 Å². The number of carboxylic acids is 1. The molecule has 0 aromatic heterocycles. The van der Waals surface area contributed by atoms with Gasteiger partial charge in [-0.1, -0.05) is 19.1 Å². The molecule has 0 bridgehead atoms. The molecule has 0 unspecified atom stereocenters. The van der Waals surface area contributed by atoms with E-state index in [9.17, 15) is 9.59 Å². The molecule has 0 aromatic rings. The lowest BCUT2D eigenvalue weighted by Gasteiger charge is -1.97. The highest BCUT2D eigenvalue weighted by molar-refractivity contribution is 5.90. The molecule has 14 heavy (non-hydrogen) atoms. The zero-order valence-corrected chi connectivity index (χ0v) is 8.10. The van der Waals surface area contributed by atoms with Gasteiger partial charge in [-0.05, 0) is 12.8 Å². The number of carbonyl (C=O) groups excluding carboxylic acids is 1. The normalized spacial score (nSPS) is 10.9. The van der Waals surface area contributed by atoms with Crippen LogP contribution in [0, 0.1) is 0 Å². The SMILES string of the molecule is CC/C=C\CCOC(=O)/C=C\C(=O)O. The second-order valence-corrected chi connectivity index (χ2v) is 2.51. The number of carbonyl (C=O) groups is 2. The van der Waals surface area contributed by atoms with Crippen molar-refractivity contribution >= 4 is 11.9 Å². The molecule has 0 amide bonds. The van der Waals surface area contributed by atoms with Crippen molar-refractivity contribution in [2.75, 3.05) is 6.61 Å². The van der Waals surface area contributed by atoms with Gasteiger partial charge in [0.15, 0.2) is 0 Å². The molecule has 0 aliphatic rings. The lowest BCUT2D eigenvalue weighted by molar-refractivity contribution is -0.138. The van der Waals surface area contributed by atoms with Crippen molar-refractivity contribution in [2.45, 2.75) is 19.8 Å². The summed E-state index contributed by atoms with van der Waals surface area (Å²) in [6, 6.07) is 0. The summed E-state index contributed by atoms with van der Waals surface area (Å²) in [5.74, 6) is -1.79. The molecule has 0 saturated heterocycles. The number of aliphatic carboxylic acids is 1. The molecule has 0 aromatic carbocycles. The van der Waals surface area contributed by atoms with Crippen LogP contribution in [0.15, 0.2) is 24.3 Å². The molecule has 1 N–H and O–H groups in total. The van der Waals surface area contributed by atoms with Crippen molar-refractivity contribution in [3.8, 4) is 0 Å². The number of carboxylic acid groups (broad SMARTS) is 1. The maximum atomic E-state index is 10.8. The Bertz CT molecular complexity index is 241. The van der Waals surface area contributed by atoms with E-state index in [1.54, 1.807) is 0 Å². The van der Waals surface area contributed by atoms with Crippen molar-refractivity contribution in [3.05, 3.63) is 24.3 Å². The van der Waals surface area contributed by atoms with Crippen LogP contribution in [-0.4, -0.2) is 23.7 Å². The van der Waals surface area contributed by atoms with E-state index in [1.165, 1.54) is 0 Å². The number of rotatable bonds is 6. The average Bonchev–Trinajstić information content (AvgIpc) is 2.14. The summed E-state index contributed by atoms with van der Waals surface area (Å²) < 4.78 is 4.70. The van der Waals surface area contributed by atoms with Crippen molar-refractivity contribution in [2.24, 2.45) is 0 Å². The van der Waals surface area contributed by atoms with E-state index in [-0.39, 0.29) is 6.61 Å². The van der Waals surface area contributed by atoms with E-state index >= 15 is 0 Å². The first-order valence-electron chi connectivity index (χ1n) is 4.39. The highest BCUT2D eigenvalue weighted by atomic mass is 16.5. The number of allylic oxidation sites excluding steroid dienone is 1. The van der Waals surface area contributed by atoms with Crippen LogP contribution in [-0.2, 0) is 14.3 Å². The van der Waals surface area contributed by atoms with Gasteiger partial charge in [-0.2, -0.15) is 0 Å². The molecule has 4 heteroatoms. The van der Waals surface area contributed by atoms with Crippen LogP contribution in [0.25, 0.3) is 0 Å². The largest absolute Gasteiger partial charge is 0.478 e. The topological polar surface area (TPSA) is 63.6 Å². The summed E-state index contributed by atoms with van der Waals surface area (Å²) in [5.41, 5.74) is 0. The lowest BCUT2D eigenvalue weighted by Crippen LogP contribution is -2.02. The van der Waals surface area contributed by atoms with Crippen LogP contribution in [0.1, 0.15) is 19.8 Å². The third kappa shape index (κ3) is 8.52. The lowest BCUT2D eigenvalue weighted by atomic mass is 10.3. The molecule has 0 aliphatic carbocycles. The Labute approximate surface area is 82.9 Å². The molecule has 0 rings (SSSR count). The van der Waals surface area contributed by atoms with Gasteiger partial charge in [-0.3, -0.25) is 0 Å². The minimum absolute atomic E-state index is 0.277. The molecule has 0 spiro atoms. The van der Waals surface area contributed by atoms with Crippen LogP contribution in [0.2, 0.25) is 0 Å². The quantitative estimate of drug-likeness (QED) is 0.304. The van der Waals surface area contributed by atoms with Gasteiger partial charge in [0.05, 0.1) is 6.61 Å². The molecule has 0 atom stereocenters. The molecule has 0 fully saturated rings. The van der Waals surface area contributed by atoms with Crippen LogP contribution in [0.5, 0.6) is 0 Å². The molecule has 78 valence electrons. The fourth-order valence-corrected chi connectivity index (χ4v) is 0.700. The first-order chi connectivity index (χ1) is 6.66. The first kappa shape index (κ1) is 12.4. The minimum Gasteiger partial charge on any atom is -0.478 e. The fraction of sp³-hybridized carbons (Fsp3) is 0.400. The average molecular weight is 198 g/mol. The van der Waals surface area contributed by atoms with E-state index in [0.717, 1.165) is 18.6 Å². The summed E-state index contributed by atoms with van der Waals surface area (Å²) in [7, 11) is 0. The van der Waals surface area contributed by atoms with Gasteiger partial charge in [-0.15, -0.1) is 0 Å². The van der Waals surface area contributed by atoms with Crippen LogP contribution in [0.4, 0.5) is 0 Å². The molecule has 0 saturated carbocycles. The second-order valence-electron chi connectivity index (χ2n) is 2.51. The molecule has 0 radical (unpaired) electrons. The Morgan fingerprint density at radius 2 is 2.00 bits per heavy atom. The third-order valence-electron chi connectivity index (χ3n) is 1.29. The van der Waals surface area contributed by atoms with Crippen LogP contribution in [0.3, 0.4) is 0 Å². The fourth-order valence-electron chi connectivity index (χ4n) is 0.700. The summed E-state index contributed by atoms with van der Waals surface area (Å²) in [6.07, 6.45) is 7.14. The zero-order chi connectivity index (χ0) is 10.8.